The molecule has 0 heterocycles. The fourth-order valence-electron chi connectivity index (χ4n) is 0.780. The van der Waals surface area contributed by atoms with Gasteiger partial charge < -0.3 is 4.74 Å². The number of carbonyl (C=O) groups excluding carboxylic acids is 1. The SMILES string of the molecule is COC(=O)N=Nc1ccc([N+](=O)[O-])cc1. The van der Waals surface area contributed by atoms with Crippen molar-refractivity contribution in [3.05, 3.63) is 34.4 Å². The summed E-state index contributed by atoms with van der Waals surface area (Å²) >= 11 is 0. The monoisotopic (exact) mass is 209 g/mol. The lowest BCUT2D eigenvalue weighted by atomic mass is 10.3. The maximum atomic E-state index is 10.6. The van der Waals surface area contributed by atoms with Crippen LogP contribution in [0.1, 0.15) is 0 Å². The van der Waals surface area contributed by atoms with Crippen LogP contribution in [-0.2, 0) is 4.74 Å². The van der Waals surface area contributed by atoms with Crippen molar-refractivity contribution in [2.75, 3.05) is 7.11 Å². The molecule has 7 heteroatoms. The number of carbonyl (C=O) groups is 1. The zero-order chi connectivity index (χ0) is 11.3. The van der Waals surface area contributed by atoms with Crippen LogP contribution in [-0.4, -0.2) is 18.1 Å². The van der Waals surface area contributed by atoms with Gasteiger partial charge in [-0.05, 0) is 12.1 Å². The third kappa shape index (κ3) is 3.14. The summed E-state index contributed by atoms with van der Waals surface area (Å²) < 4.78 is 4.23. The molecule has 15 heavy (non-hydrogen) atoms. The van der Waals surface area contributed by atoms with E-state index >= 15 is 0 Å². The Morgan fingerprint density at radius 1 is 1.40 bits per heavy atom. The van der Waals surface area contributed by atoms with E-state index in [1.807, 2.05) is 0 Å². The highest BCUT2D eigenvalue weighted by molar-refractivity contribution is 5.67. The van der Waals surface area contributed by atoms with Crippen LogP contribution in [0.15, 0.2) is 34.5 Å². The Labute approximate surface area is 84.5 Å². The van der Waals surface area contributed by atoms with Crippen molar-refractivity contribution in [3.63, 3.8) is 0 Å². The predicted octanol–water partition coefficient (Wildman–Crippen LogP) is 2.44. The number of rotatable bonds is 2. The Hall–Kier alpha value is -2.31. The van der Waals surface area contributed by atoms with E-state index in [1.54, 1.807) is 0 Å². The van der Waals surface area contributed by atoms with Gasteiger partial charge in [-0.1, -0.05) is 5.11 Å². The van der Waals surface area contributed by atoms with E-state index in [4.69, 9.17) is 0 Å². The standard InChI is InChI=1S/C8H7N3O4/c1-15-8(12)10-9-6-2-4-7(5-3-6)11(13)14/h2-5H,1H3. The summed E-state index contributed by atoms with van der Waals surface area (Å²) in [5.41, 5.74) is 0.290. The molecule has 1 aromatic rings. The Bertz CT molecular complexity index is 399. The number of nitro benzene ring substituents is 1. The number of benzene rings is 1. The number of amides is 1. The second-order valence-electron chi connectivity index (χ2n) is 2.44. The summed E-state index contributed by atoms with van der Waals surface area (Å²) in [6.07, 6.45) is -0.826. The van der Waals surface area contributed by atoms with Crippen LogP contribution in [0, 0.1) is 10.1 Å². The summed E-state index contributed by atoms with van der Waals surface area (Å²) in [7, 11) is 1.18. The maximum absolute atomic E-state index is 10.6. The van der Waals surface area contributed by atoms with Gasteiger partial charge in [-0.15, -0.1) is 5.11 Å². The van der Waals surface area contributed by atoms with E-state index in [2.05, 4.69) is 15.0 Å². The number of non-ortho nitro benzene ring substituents is 1. The number of nitrogens with zero attached hydrogens (tertiary/aromatic N) is 3. The van der Waals surface area contributed by atoms with Crippen molar-refractivity contribution < 1.29 is 14.5 Å². The normalized spacial score (nSPS) is 10.2. The molecule has 0 aliphatic rings. The topological polar surface area (TPSA) is 94.2 Å². The van der Waals surface area contributed by atoms with Gasteiger partial charge in [0.05, 0.1) is 17.7 Å². The van der Waals surface area contributed by atoms with Crippen LogP contribution >= 0.6 is 0 Å². The lowest BCUT2D eigenvalue weighted by Gasteiger charge is -1.92. The summed E-state index contributed by atoms with van der Waals surface area (Å²) in [5.74, 6) is 0. The van der Waals surface area contributed by atoms with Gasteiger partial charge in [-0.25, -0.2) is 4.79 Å². The molecule has 1 amide bonds. The van der Waals surface area contributed by atoms with Crippen molar-refractivity contribution in [1.29, 1.82) is 0 Å². The van der Waals surface area contributed by atoms with E-state index < -0.39 is 11.0 Å². The molecule has 0 saturated carbocycles. The van der Waals surface area contributed by atoms with E-state index in [1.165, 1.54) is 31.4 Å². The van der Waals surface area contributed by atoms with Gasteiger partial charge in [0, 0.05) is 12.1 Å². The van der Waals surface area contributed by atoms with Crippen LogP contribution in [0.5, 0.6) is 0 Å². The lowest BCUT2D eigenvalue weighted by molar-refractivity contribution is -0.384. The third-order valence-electron chi connectivity index (χ3n) is 1.48. The maximum Gasteiger partial charge on any atom is 0.452 e. The quantitative estimate of drug-likeness (QED) is 0.424. The Morgan fingerprint density at radius 3 is 2.47 bits per heavy atom. The molecule has 78 valence electrons. The zero-order valence-corrected chi connectivity index (χ0v) is 7.78. The molecule has 0 aromatic heterocycles. The summed E-state index contributed by atoms with van der Waals surface area (Å²) in [4.78, 5) is 20.3. The van der Waals surface area contributed by atoms with Crippen molar-refractivity contribution in [2.45, 2.75) is 0 Å². The van der Waals surface area contributed by atoms with Crippen LogP contribution < -0.4 is 0 Å². The molecule has 0 atom stereocenters. The van der Waals surface area contributed by atoms with Crippen molar-refractivity contribution >= 4 is 17.5 Å². The minimum atomic E-state index is -0.826. The molecule has 1 aromatic carbocycles. The van der Waals surface area contributed by atoms with Gasteiger partial charge in [-0.3, -0.25) is 10.1 Å². The fraction of sp³-hybridized carbons (Fsp3) is 0.125. The summed E-state index contributed by atoms with van der Waals surface area (Å²) in [5, 5.41) is 17.0. The predicted molar refractivity (Wildman–Crippen MR) is 50.0 cm³/mol. The van der Waals surface area contributed by atoms with Crippen molar-refractivity contribution in [3.8, 4) is 0 Å². The second kappa shape index (κ2) is 4.80. The van der Waals surface area contributed by atoms with E-state index in [-0.39, 0.29) is 5.69 Å². The summed E-state index contributed by atoms with van der Waals surface area (Å²) in [6, 6.07) is 5.30. The molecule has 0 N–H and O–H groups in total. The van der Waals surface area contributed by atoms with Gasteiger partial charge in [-0.2, -0.15) is 0 Å². The molecule has 0 aliphatic carbocycles. The minimum absolute atomic E-state index is 0.0491. The van der Waals surface area contributed by atoms with Crippen LogP contribution in [0.4, 0.5) is 16.2 Å². The molecule has 0 spiro atoms. The van der Waals surface area contributed by atoms with Gasteiger partial charge >= 0.3 is 6.09 Å². The largest absolute Gasteiger partial charge is 0.452 e. The first-order valence-electron chi connectivity index (χ1n) is 3.87. The Morgan fingerprint density at radius 2 is 2.00 bits per heavy atom. The molecular formula is C8H7N3O4. The van der Waals surface area contributed by atoms with Gasteiger partial charge in [0.1, 0.15) is 0 Å². The van der Waals surface area contributed by atoms with Gasteiger partial charge in [0.25, 0.3) is 5.69 Å². The molecule has 0 unspecified atom stereocenters. The highest BCUT2D eigenvalue weighted by atomic mass is 16.6. The van der Waals surface area contributed by atoms with Crippen molar-refractivity contribution in [1.82, 2.24) is 0 Å². The first-order valence-corrected chi connectivity index (χ1v) is 3.87. The number of ether oxygens (including phenoxy) is 1. The highest BCUT2D eigenvalue weighted by Gasteiger charge is 2.03. The number of hydrogen-bond acceptors (Lipinski definition) is 5. The van der Waals surface area contributed by atoms with E-state index in [0.29, 0.717) is 5.69 Å². The van der Waals surface area contributed by atoms with E-state index in [0.717, 1.165) is 0 Å². The molecular weight excluding hydrogens is 202 g/mol. The molecule has 7 nitrogen and oxygen atoms in total. The van der Waals surface area contributed by atoms with Gasteiger partial charge in [0.2, 0.25) is 0 Å². The number of hydrogen-bond donors (Lipinski definition) is 0. The molecule has 1 rings (SSSR count). The number of azo groups is 1. The van der Waals surface area contributed by atoms with E-state index in [9.17, 15) is 14.9 Å². The van der Waals surface area contributed by atoms with Crippen LogP contribution in [0.2, 0.25) is 0 Å². The first kappa shape index (κ1) is 10.8. The summed E-state index contributed by atoms with van der Waals surface area (Å²) in [6.45, 7) is 0. The second-order valence-corrected chi connectivity index (χ2v) is 2.44. The first-order chi connectivity index (χ1) is 7.13. The smallest absolute Gasteiger partial charge is 0.450 e. The van der Waals surface area contributed by atoms with Crippen molar-refractivity contribution in [2.24, 2.45) is 10.2 Å². The Balaban J connectivity index is 2.77. The minimum Gasteiger partial charge on any atom is -0.450 e. The number of methoxy groups -OCH3 is 1. The molecule has 0 bridgehead atoms. The van der Waals surface area contributed by atoms with Crippen LogP contribution in [0.25, 0.3) is 0 Å². The highest BCUT2D eigenvalue weighted by Crippen LogP contribution is 2.17. The Kier molecular flexibility index (Phi) is 3.44. The molecule has 0 aliphatic heterocycles. The third-order valence-corrected chi connectivity index (χ3v) is 1.48. The van der Waals surface area contributed by atoms with Crippen LogP contribution in [0.3, 0.4) is 0 Å². The van der Waals surface area contributed by atoms with Gasteiger partial charge in [0.15, 0.2) is 0 Å². The molecule has 0 saturated heterocycles. The number of nitro groups is 1. The zero-order valence-electron chi connectivity index (χ0n) is 7.78. The average Bonchev–Trinajstić information content (AvgIpc) is 2.26. The average molecular weight is 209 g/mol. The molecule has 0 radical (unpaired) electrons. The lowest BCUT2D eigenvalue weighted by Crippen LogP contribution is -1.89. The fourth-order valence-corrected chi connectivity index (χ4v) is 0.780. The molecule has 0 fully saturated rings.